The highest BCUT2D eigenvalue weighted by atomic mass is 35.5. The number of nitrogens with zero attached hydrogens (tertiary/aromatic N) is 1. The Morgan fingerprint density at radius 2 is 2.20 bits per heavy atom. The fourth-order valence-electron chi connectivity index (χ4n) is 1.92. The molecule has 1 aromatic heterocycles. The lowest BCUT2D eigenvalue weighted by Crippen LogP contribution is -1.99. The highest BCUT2D eigenvalue weighted by Gasteiger charge is 2.13. The van der Waals surface area contributed by atoms with Gasteiger partial charge in [-0.15, -0.1) is 0 Å². The number of hydrogen-bond donors (Lipinski definition) is 1. The first kappa shape index (κ1) is 10.5. The van der Waals surface area contributed by atoms with Crippen molar-refractivity contribution in [3.63, 3.8) is 0 Å². The van der Waals surface area contributed by atoms with E-state index in [0.29, 0.717) is 0 Å². The van der Waals surface area contributed by atoms with Crippen LogP contribution in [0.15, 0.2) is 24.4 Å². The normalized spacial score (nSPS) is 13.3. The third-order valence-corrected chi connectivity index (χ3v) is 3.09. The van der Waals surface area contributed by atoms with E-state index >= 15 is 0 Å². The largest absolute Gasteiger partial charge is 0.396 e. The first-order valence-electron chi connectivity index (χ1n) is 4.99. The smallest absolute Gasteiger partial charge is 0.0664 e. The molecular weight excluding hydrogens is 210 g/mol. The molecule has 1 aromatic carbocycles. The number of aryl methyl sites for hydroxylation is 1. The summed E-state index contributed by atoms with van der Waals surface area (Å²) in [6.07, 6.45) is 1.90. The van der Waals surface area contributed by atoms with E-state index in [0.717, 1.165) is 21.5 Å². The van der Waals surface area contributed by atoms with E-state index in [1.54, 1.807) is 0 Å². The van der Waals surface area contributed by atoms with Gasteiger partial charge in [0.25, 0.3) is 0 Å². The Kier molecular flexibility index (Phi) is 2.72. The maximum Gasteiger partial charge on any atom is 0.0664 e. The van der Waals surface area contributed by atoms with E-state index in [1.807, 2.05) is 42.9 Å². The molecule has 1 atom stereocenters. The van der Waals surface area contributed by atoms with Gasteiger partial charge in [0.1, 0.15) is 0 Å². The third kappa shape index (κ3) is 1.64. The van der Waals surface area contributed by atoms with Gasteiger partial charge in [-0.2, -0.15) is 0 Å². The van der Waals surface area contributed by atoms with Crippen molar-refractivity contribution >= 4 is 22.5 Å². The van der Waals surface area contributed by atoms with E-state index in [2.05, 4.69) is 0 Å². The second-order valence-corrected chi connectivity index (χ2v) is 4.32. The molecule has 1 N–H and O–H groups in total. The molecule has 15 heavy (non-hydrogen) atoms. The fraction of sp³-hybridized carbons (Fsp3) is 0.333. The monoisotopic (exact) mass is 223 g/mol. The predicted molar refractivity (Wildman–Crippen MR) is 63.4 cm³/mol. The summed E-state index contributed by atoms with van der Waals surface area (Å²) in [6.45, 7) is 2.14. The Bertz CT molecular complexity index is 490. The third-order valence-electron chi connectivity index (χ3n) is 2.81. The van der Waals surface area contributed by atoms with Gasteiger partial charge in [-0.25, -0.2) is 0 Å². The number of benzene rings is 1. The van der Waals surface area contributed by atoms with Crippen LogP contribution in [0.5, 0.6) is 0 Å². The van der Waals surface area contributed by atoms with Gasteiger partial charge in [-0.3, -0.25) is 0 Å². The first-order chi connectivity index (χ1) is 7.15. The van der Waals surface area contributed by atoms with Crippen LogP contribution in [-0.4, -0.2) is 16.3 Å². The van der Waals surface area contributed by atoms with Crippen LogP contribution < -0.4 is 0 Å². The molecular formula is C12H14ClNO. The molecule has 0 aliphatic heterocycles. The Morgan fingerprint density at radius 1 is 1.47 bits per heavy atom. The molecule has 0 bridgehead atoms. The van der Waals surface area contributed by atoms with Crippen molar-refractivity contribution in [1.82, 2.24) is 4.57 Å². The van der Waals surface area contributed by atoms with Gasteiger partial charge in [0, 0.05) is 36.7 Å². The average molecular weight is 224 g/mol. The molecule has 0 fully saturated rings. The molecule has 2 nitrogen and oxygen atoms in total. The molecule has 1 heterocycles. The van der Waals surface area contributed by atoms with Gasteiger partial charge in [0.15, 0.2) is 0 Å². The number of halogens is 1. The lowest BCUT2D eigenvalue weighted by molar-refractivity contribution is 0.273. The SMILES string of the molecule is CC(CO)c1cccc2c1c(Cl)cn2C. The Hall–Kier alpha value is -0.990. The highest BCUT2D eigenvalue weighted by molar-refractivity contribution is 6.36. The topological polar surface area (TPSA) is 25.2 Å². The summed E-state index contributed by atoms with van der Waals surface area (Å²) in [7, 11) is 1.97. The van der Waals surface area contributed by atoms with Crippen LogP contribution in [0.2, 0.25) is 5.02 Å². The van der Waals surface area contributed by atoms with E-state index in [9.17, 15) is 5.11 Å². The van der Waals surface area contributed by atoms with Gasteiger partial charge in [-0.1, -0.05) is 30.7 Å². The minimum Gasteiger partial charge on any atom is -0.396 e. The number of hydrogen-bond acceptors (Lipinski definition) is 1. The Morgan fingerprint density at radius 3 is 2.87 bits per heavy atom. The fourth-order valence-corrected chi connectivity index (χ4v) is 2.28. The second-order valence-electron chi connectivity index (χ2n) is 3.91. The van der Waals surface area contributed by atoms with E-state index in [1.165, 1.54) is 0 Å². The highest BCUT2D eigenvalue weighted by Crippen LogP contribution is 2.32. The summed E-state index contributed by atoms with van der Waals surface area (Å²) in [4.78, 5) is 0. The molecule has 80 valence electrons. The molecule has 0 radical (unpaired) electrons. The van der Waals surface area contributed by atoms with Gasteiger partial charge in [0.2, 0.25) is 0 Å². The summed E-state index contributed by atoms with van der Waals surface area (Å²) >= 11 is 6.18. The Labute approximate surface area is 94.1 Å². The molecule has 0 aliphatic carbocycles. The van der Waals surface area contributed by atoms with Crippen molar-refractivity contribution in [1.29, 1.82) is 0 Å². The number of fused-ring (bicyclic) bond motifs is 1. The summed E-state index contributed by atoms with van der Waals surface area (Å²) in [5.74, 6) is 0.119. The van der Waals surface area contributed by atoms with Crippen molar-refractivity contribution in [2.75, 3.05) is 6.61 Å². The summed E-state index contributed by atoms with van der Waals surface area (Å²) in [6, 6.07) is 6.06. The molecule has 2 aromatic rings. The zero-order chi connectivity index (χ0) is 11.0. The minimum atomic E-state index is 0.119. The van der Waals surface area contributed by atoms with E-state index < -0.39 is 0 Å². The quantitative estimate of drug-likeness (QED) is 0.832. The molecule has 0 saturated heterocycles. The van der Waals surface area contributed by atoms with Crippen LogP contribution in [0, 0.1) is 0 Å². The zero-order valence-corrected chi connectivity index (χ0v) is 9.62. The number of aromatic nitrogens is 1. The first-order valence-corrected chi connectivity index (χ1v) is 5.37. The molecule has 3 heteroatoms. The summed E-state index contributed by atoms with van der Waals surface area (Å²) < 4.78 is 2.01. The lowest BCUT2D eigenvalue weighted by atomic mass is 9.98. The van der Waals surface area contributed by atoms with Gasteiger partial charge in [0.05, 0.1) is 5.02 Å². The van der Waals surface area contributed by atoms with Crippen molar-refractivity contribution in [2.45, 2.75) is 12.8 Å². The molecule has 2 rings (SSSR count). The van der Waals surface area contributed by atoms with Crippen LogP contribution in [-0.2, 0) is 7.05 Å². The molecule has 0 amide bonds. The van der Waals surface area contributed by atoms with Crippen LogP contribution in [0.1, 0.15) is 18.4 Å². The number of aliphatic hydroxyl groups is 1. The second kappa shape index (κ2) is 3.87. The molecule has 0 spiro atoms. The molecule has 1 unspecified atom stereocenters. The Balaban J connectivity index is 2.75. The summed E-state index contributed by atoms with van der Waals surface area (Å²) in [5.41, 5.74) is 2.22. The summed E-state index contributed by atoms with van der Waals surface area (Å²) in [5, 5.41) is 11.0. The van der Waals surface area contributed by atoms with Gasteiger partial charge < -0.3 is 9.67 Å². The van der Waals surface area contributed by atoms with Gasteiger partial charge in [-0.05, 0) is 11.6 Å². The maximum absolute atomic E-state index is 9.20. The zero-order valence-electron chi connectivity index (χ0n) is 8.87. The van der Waals surface area contributed by atoms with Crippen LogP contribution in [0.4, 0.5) is 0 Å². The number of rotatable bonds is 2. The number of aliphatic hydroxyl groups excluding tert-OH is 1. The van der Waals surface area contributed by atoms with E-state index in [4.69, 9.17) is 11.6 Å². The standard InChI is InChI=1S/C12H14ClNO/c1-8(7-15)9-4-3-5-11-12(9)10(13)6-14(11)2/h3-6,8,15H,7H2,1-2H3. The molecule has 0 saturated carbocycles. The lowest BCUT2D eigenvalue weighted by Gasteiger charge is -2.10. The average Bonchev–Trinajstić information content (AvgIpc) is 2.54. The van der Waals surface area contributed by atoms with Gasteiger partial charge >= 0.3 is 0 Å². The van der Waals surface area contributed by atoms with Crippen LogP contribution >= 0.6 is 11.6 Å². The minimum absolute atomic E-state index is 0.119. The molecule has 0 aliphatic rings. The van der Waals surface area contributed by atoms with Crippen molar-refractivity contribution in [3.8, 4) is 0 Å². The predicted octanol–water partition coefficient (Wildman–Crippen LogP) is 2.93. The van der Waals surface area contributed by atoms with Crippen LogP contribution in [0.3, 0.4) is 0 Å². The maximum atomic E-state index is 9.20. The van der Waals surface area contributed by atoms with Crippen LogP contribution in [0.25, 0.3) is 10.9 Å². The van der Waals surface area contributed by atoms with E-state index in [-0.39, 0.29) is 12.5 Å². The van der Waals surface area contributed by atoms with Crippen molar-refractivity contribution in [2.24, 2.45) is 7.05 Å². The van der Waals surface area contributed by atoms with Crippen molar-refractivity contribution < 1.29 is 5.11 Å². The van der Waals surface area contributed by atoms with Crippen molar-refractivity contribution in [3.05, 3.63) is 35.0 Å².